The molecule has 200 valence electrons. The largest absolute Gasteiger partial charge is 0.542 e. The number of ether oxygens (including phenoxy) is 3. The molecule has 2 rings (SSSR count). The Labute approximate surface area is 209 Å². The third-order valence-electron chi connectivity index (χ3n) is 4.01. The molecule has 0 saturated heterocycles. The van der Waals surface area contributed by atoms with Gasteiger partial charge in [0.15, 0.2) is 12.4 Å². The lowest BCUT2D eigenvalue weighted by molar-refractivity contribution is -0.344. The van der Waals surface area contributed by atoms with Gasteiger partial charge in [0.2, 0.25) is 0 Å². The topological polar surface area (TPSA) is 165 Å². The van der Waals surface area contributed by atoms with Gasteiger partial charge in [0.25, 0.3) is 0 Å². The highest BCUT2D eigenvalue weighted by Crippen LogP contribution is 2.23. The summed E-state index contributed by atoms with van der Waals surface area (Å²) in [6.45, 7) is 1.93. The fourth-order valence-electron chi connectivity index (χ4n) is 2.47. The first-order chi connectivity index (χ1) is 17.4. The van der Waals surface area contributed by atoms with Gasteiger partial charge in [-0.3, -0.25) is 4.79 Å². The average Bonchev–Trinajstić information content (AvgIpc) is 2.85. The minimum Gasteiger partial charge on any atom is -0.542 e. The van der Waals surface area contributed by atoms with Gasteiger partial charge in [-0.25, -0.2) is 9.59 Å². The molecule has 0 bridgehead atoms. The standard InChI is InChI=1S/C22H23NO7.C2HF3O2/c1-2-28-22(27)18-12-15(7-9-20(18)30-14-21(25)26)6-8-19(24)16-4-3-5-17(13-16)29-11-10-23;3-2(4,5)1(6)7/h3-9,12-13H,2,10-11,14,23H2,1H3,(H,25,26);(H,6,7)/p-1/b8-6+;. The number of alkyl halides is 3. The van der Waals surface area contributed by atoms with Crippen LogP contribution in [0.1, 0.15) is 33.2 Å². The summed E-state index contributed by atoms with van der Waals surface area (Å²) < 4.78 is 47.1. The van der Waals surface area contributed by atoms with Gasteiger partial charge in [0.1, 0.15) is 29.6 Å². The monoisotopic (exact) mass is 526 g/mol. The predicted molar refractivity (Wildman–Crippen MR) is 121 cm³/mol. The summed E-state index contributed by atoms with van der Waals surface area (Å²) in [5.41, 5.74) is 6.47. The van der Waals surface area contributed by atoms with E-state index in [2.05, 4.69) is 0 Å². The molecule has 2 aromatic rings. The molecule has 0 radical (unpaired) electrons. The molecule has 13 heteroatoms. The van der Waals surface area contributed by atoms with Crippen LogP contribution in [0.15, 0.2) is 48.5 Å². The summed E-state index contributed by atoms with van der Waals surface area (Å²) in [6.07, 6.45) is -2.29. The number of rotatable bonds is 11. The molecular weight excluding hydrogens is 503 g/mol. The highest BCUT2D eigenvalue weighted by molar-refractivity contribution is 6.07. The van der Waals surface area contributed by atoms with Crippen LogP contribution < -0.4 is 20.3 Å². The number of carbonyl (C=O) groups is 4. The number of carbonyl (C=O) groups excluding carboxylic acids is 3. The van der Waals surface area contributed by atoms with Gasteiger partial charge in [-0.2, -0.15) is 13.2 Å². The van der Waals surface area contributed by atoms with Crippen molar-refractivity contribution in [3.8, 4) is 11.5 Å². The van der Waals surface area contributed by atoms with Crippen LogP contribution in [0.2, 0.25) is 0 Å². The summed E-state index contributed by atoms with van der Waals surface area (Å²) in [6, 6.07) is 11.3. The van der Waals surface area contributed by atoms with Crippen LogP contribution in [-0.4, -0.2) is 61.3 Å². The molecule has 3 N–H and O–H groups in total. The fraction of sp³-hybridized carbons (Fsp3) is 0.250. The second-order valence-electron chi connectivity index (χ2n) is 6.81. The van der Waals surface area contributed by atoms with E-state index >= 15 is 0 Å². The van der Waals surface area contributed by atoms with Crippen molar-refractivity contribution < 1.29 is 56.8 Å². The van der Waals surface area contributed by atoms with Crippen LogP contribution in [0.5, 0.6) is 11.5 Å². The Bertz CT molecular complexity index is 1130. The van der Waals surface area contributed by atoms with Gasteiger partial charge in [-0.15, -0.1) is 0 Å². The molecule has 0 atom stereocenters. The molecule has 10 nitrogen and oxygen atoms in total. The molecule has 0 spiro atoms. The zero-order chi connectivity index (χ0) is 28.0. The second-order valence-corrected chi connectivity index (χ2v) is 6.81. The molecular formula is C24H23F3NO9-. The highest BCUT2D eigenvalue weighted by Gasteiger charge is 2.28. The smallest absolute Gasteiger partial charge is 0.430 e. The SMILES string of the molecule is CCOC(=O)c1cc(/C=C/C(=O)c2cccc(OCCN)c2)ccc1OCC(=O)O.O=C([O-])C(F)(F)F. The van der Waals surface area contributed by atoms with Crippen LogP contribution in [0.3, 0.4) is 0 Å². The van der Waals surface area contributed by atoms with Crippen LogP contribution in [0, 0.1) is 0 Å². The zero-order valence-corrected chi connectivity index (χ0v) is 19.4. The van der Waals surface area contributed by atoms with Gasteiger partial charge >= 0.3 is 18.1 Å². The van der Waals surface area contributed by atoms with Crippen molar-refractivity contribution in [2.75, 3.05) is 26.4 Å². The van der Waals surface area contributed by atoms with E-state index in [4.69, 9.17) is 35.0 Å². The lowest BCUT2D eigenvalue weighted by Crippen LogP contribution is -2.37. The number of esters is 1. The third kappa shape index (κ3) is 11.3. The molecule has 2 aromatic carbocycles. The maximum atomic E-state index is 12.5. The molecule has 0 fully saturated rings. The van der Waals surface area contributed by atoms with E-state index in [1.165, 1.54) is 18.2 Å². The number of nitrogens with two attached hydrogens (primary N) is 1. The lowest BCUT2D eigenvalue weighted by Gasteiger charge is -2.10. The number of halogens is 3. The van der Waals surface area contributed by atoms with Gasteiger partial charge in [-0.05, 0) is 42.8 Å². The number of carboxylic acid groups (broad SMARTS) is 2. The zero-order valence-electron chi connectivity index (χ0n) is 19.4. The highest BCUT2D eigenvalue weighted by atomic mass is 19.4. The van der Waals surface area contributed by atoms with Gasteiger partial charge in [-0.1, -0.05) is 24.3 Å². The van der Waals surface area contributed by atoms with E-state index in [9.17, 15) is 27.6 Å². The van der Waals surface area contributed by atoms with Crippen molar-refractivity contribution in [1.82, 2.24) is 0 Å². The number of benzene rings is 2. The Hall–Kier alpha value is -4.39. The molecule has 0 aliphatic carbocycles. The second kappa shape index (κ2) is 14.9. The summed E-state index contributed by atoms with van der Waals surface area (Å²) >= 11 is 0. The Morgan fingerprint density at radius 2 is 1.76 bits per heavy atom. The maximum absolute atomic E-state index is 12.5. The van der Waals surface area contributed by atoms with Gasteiger partial charge < -0.3 is 35.0 Å². The lowest BCUT2D eigenvalue weighted by atomic mass is 10.1. The van der Waals surface area contributed by atoms with Crippen LogP contribution in [0.4, 0.5) is 13.2 Å². The molecule has 0 aliphatic heterocycles. The molecule has 0 saturated carbocycles. The van der Waals surface area contributed by atoms with E-state index in [0.717, 1.165) is 0 Å². The van der Waals surface area contributed by atoms with Gasteiger partial charge in [0, 0.05) is 12.1 Å². The Balaban J connectivity index is 0.000000856. The van der Waals surface area contributed by atoms with E-state index in [0.29, 0.717) is 30.0 Å². The van der Waals surface area contributed by atoms with Crippen molar-refractivity contribution in [3.63, 3.8) is 0 Å². The number of allylic oxidation sites excluding steroid dienone is 1. The minimum atomic E-state index is -5.19. The molecule has 0 aliphatic rings. The van der Waals surface area contributed by atoms with Crippen molar-refractivity contribution in [2.45, 2.75) is 13.1 Å². The molecule has 0 unspecified atom stereocenters. The Morgan fingerprint density at radius 1 is 1.08 bits per heavy atom. The first-order valence-corrected chi connectivity index (χ1v) is 10.5. The van der Waals surface area contributed by atoms with E-state index < -0.39 is 30.7 Å². The van der Waals surface area contributed by atoms with Crippen molar-refractivity contribution in [2.24, 2.45) is 5.73 Å². The van der Waals surface area contributed by atoms with Crippen molar-refractivity contribution in [3.05, 3.63) is 65.2 Å². The van der Waals surface area contributed by atoms with E-state index in [-0.39, 0.29) is 23.7 Å². The number of aliphatic carboxylic acids is 2. The average molecular weight is 526 g/mol. The van der Waals surface area contributed by atoms with Gasteiger partial charge in [0.05, 0.1) is 6.61 Å². The normalized spacial score (nSPS) is 10.7. The quantitative estimate of drug-likeness (QED) is 0.251. The fourth-order valence-corrected chi connectivity index (χ4v) is 2.47. The third-order valence-corrected chi connectivity index (χ3v) is 4.01. The van der Waals surface area contributed by atoms with E-state index in [1.807, 2.05) is 0 Å². The maximum Gasteiger partial charge on any atom is 0.430 e. The van der Waals surface area contributed by atoms with Crippen LogP contribution >= 0.6 is 0 Å². The van der Waals surface area contributed by atoms with Crippen molar-refractivity contribution in [1.29, 1.82) is 0 Å². The summed E-state index contributed by atoms with van der Waals surface area (Å²) in [5.74, 6) is -4.45. The summed E-state index contributed by atoms with van der Waals surface area (Å²) in [4.78, 5) is 44.2. The number of hydrogen-bond donors (Lipinski definition) is 2. The van der Waals surface area contributed by atoms with E-state index in [1.54, 1.807) is 43.3 Å². The van der Waals surface area contributed by atoms with Crippen molar-refractivity contribution >= 4 is 29.8 Å². The first-order valence-electron chi connectivity index (χ1n) is 10.5. The Morgan fingerprint density at radius 3 is 2.32 bits per heavy atom. The number of carboxylic acids is 2. The number of ketones is 1. The first kappa shape index (κ1) is 30.6. The molecule has 0 amide bonds. The van der Waals surface area contributed by atoms with Crippen LogP contribution in [-0.2, 0) is 14.3 Å². The summed E-state index contributed by atoms with van der Waals surface area (Å²) in [5, 5.41) is 17.6. The van der Waals surface area contributed by atoms with Crippen LogP contribution in [0.25, 0.3) is 6.08 Å². The minimum absolute atomic E-state index is 0.0740. The molecule has 0 aromatic heterocycles. The molecule has 37 heavy (non-hydrogen) atoms. The molecule has 0 heterocycles. The predicted octanol–water partition coefficient (Wildman–Crippen LogP) is 1.86. The number of hydrogen-bond acceptors (Lipinski definition) is 9. The summed E-state index contributed by atoms with van der Waals surface area (Å²) in [7, 11) is 0. The Kier molecular flexibility index (Phi) is 12.3.